The Morgan fingerprint density at radius 1 is 1.06 bits per heavy atom. The van der Waals surface area contributed by atoms with Crippen molar-refractivity contribution < 1.29 is 4.79 Å². The summed E-state index contributed by atoms with van der Waals surface area (Å²) in [5.74, 6) is 0.366. The van der Waals surface area contributed by atoms with Crippen LogP contribution in [0.3, 0.4) is 0 Å². The third kappa shape index (κ3) is 1.99. The molecule has 2 aliphatic rings. The van der Waals surface area contributed by atoms with E-state index in [0.717, 1.165) is 37.7 Å². The minimum Gasteiger partial charge on any atom is -0.381 e. The summed E-state index contributed by atoms with van der Waals surface area (Å²) in [7, 11) is 0. The van der Waals surface area contributed by atoms with E-state index in [1.54, 1.807) is 0 Å². The van der Waals surface area contributed by atoms with Crippen LogP contribution in [0.25, 0.3) is 0 Å². The number of benzene rings is 1. The third-order valence-corrected chi connectivity index (χ3v) is 3.76. The lowest BCUT2D eigenvalue weighted by molar-refractivity contribution is -0.116. The van der Waals surface area contributed by atoms with Crippen LogP contribution >= 0.6 is 0 Å². The minimum atomic E-state index is 0.366. The van der Waals surface area contributed by atoms with Gasteiger partial charge in [0.05, 0.1) is 6.04 Å². The molecular weight excluding hydrogens is 210 g/mol. The van der Waals surface area contributed by atoms with E-state index in [2.05, 4.69) is 29.6 Å². The summed E-state index contributed by atoms with van der Waals surface area (Å²) in [6, 6.07) is 10.9. The second-order valence-electron chi connectivity index (χ2n) is 4.88. The summed E-state index contributed by atoms with van der Waals surface area (Å²) >= 11 is 0. The Bertz CT molecular complexity index is 461. The van der Waals surface area contributed by atoms with Crippen molar-refractivity contribution in [1.82, 2.24) is 5.32 Å². The van der Waals surface area contributed by atoms with Gasteiger partial charge in [0.2, 0.25) is 0 Å². The molecule has 1 heterocycles. The molecule has 1 aromatic rings. The van der Waals surface area contributed by atoms with Crippen molar-refractivity contribution >= 4 is 5.78 Å². The standard InChI is InChI=1S/C15H17NO/c17-15-8-4-7-14-12(15)9-10-13(16-14)11-5-2-1-3-6-11/h1-3,5-6,13,16H,4,7-10H2/t13-/m0/s1. The summed E-state index contributed by atoms with van der Waals surface area (Å²) in [6.45, 7) is 0. The molecule has 0 aromatic heterocycles. The van der Waals surface area contributed by atoms with Crippen LogP contribution in [0.4, 0.5) is 0 Å². The van der Waals surface area contributed by atoms with Crippen molar-refractivity contribution in [3.8, 4) is 0 Å². The van der Waals surface area contributed by atoms with Crippen molar-refractivity contribution in [3.63, 3.8) is 0 Å². The molecule has 3 rings (SSSR count). The molecule has 1 atom stereocenters. The van der Waals surface area contributed by atoms with Gasteiger partial charge in [0.1, 0.15) is 0 Å². The summed E-state index contributed by atoms with van der Waals surface area (Å²) < 4.78 is 0. The van der Waals surface area contributed by atoms with Gasteiger partial charge in [0.15, 0.2) is 5.78 Å². The van der Waals surface area contributed by atoms with Gasteiger partial charge < -0.3 is 5.32 Å². The highest BCUT2D eigenvalue weighted by molar-refractivity contribution is 5.96. The van der Waals surface area contributed by atoms with Gasteiger partial charge in [0, 0.05) is 17.7 Å². The molecule has 0 radical (unpaired) electrons. The second kappa shape index (κ2) is 4.36. The molecule has 1 aliphatic carbocycles. The Hall–Kier alpha value is -1.57. The summed E-state index contributed by atoms with van der Waals surface area (Å²) in [5, 5.41) is 3.56. The molecule has 0 spiro atoms. The molecule has 0 bridgehead atoms. The zero-order valence-corrected chi connectivity index (χ0v) is 9.91. The summed E-state index contributed by atoms with van der Waals surface area (Å²) in [4.78, 5) is 11.8. The maximum atomic E-state index is 11.8. The van der Waals surface area contributed by atoms with Gasteiger partial charge in [-0.25, -0.2) is 0 Å². The van der Waals surface area contributed by atoms with Gasteiger partial charge in [0.25, 0.3) is 0 Å². The van der Waals surface area contributed by atoms with Crippen LogP contribution in [-0.4, -0.2) is 5.78 Å². The lowest BCUT2D eigenvalue weighted by atomic mass is 9.85. The Morgan fingerprint density at radius 2 is 1.88 bits per heavy atom. The number of nitrogens with one attached hydrogen (secondary N) is 1. The molecule has 1 N–H and O–H groups in total. The van der Waals surface area contributed by atoms with Crippen LogP contribution in [-0.2, 0) is 4.79 Å². The molecule has 1 aromatic carbocycles. The third-order valence-electron chi connectivity index (χ3n) is 3.76. The van der Waals surface area contributed by atoms with Gasteiger partial charge in [-0.15, -0.1) is 0 Å². The fourth-order valence-corrected chi connectivity index (χ4v) is 2.85. The van der Waals surface area contributed by atoms with Crippen LogP contribution in [0, 0.1) is 0 Å². The number of ketones is 1. The molecule has 0 unspecified atom stereocenters. The molecule has 0 fully saturated rings. The highest BCUT2D eigenvalue weighted by Crippen LogP contribution is 2.33. The maximum Gasteiger partial charge on any atom is 0.160 e. The molecular formula is C15H17NO. The number of carbonyl (C=O) groups is 1. The van der Waals surface area contributed by atoms with E-state index < -0.39 is 0 Å². The van der Waals surface area contributed by atoms with Crippen LogP contribution in [0.5, 0.6) is 0 Å². The number of Topliss-reactive ketones (excluding diaryl/α,β-unsaturated/α-hetero) is 1. The molecule has 0 amide bonds. The van der Waals surface area contributed by atoms with E-state index in [1.165, 1.54) is 11.3 Å². The summed E-state index contributed by atoms with van der Waals surface area (Å²) in [6.07, 6.45) is 4.78. The lowest BCUT2D eigenvalue weighted by Gasteiger charge is -2.31. The maximum absolute atomic E-state index is 11.8. The Balaban J connectivity index is 1.84. The first kappa shape index (κ1) is 10.6. The average Bonchev–Trinajstić information content (AvgIpc) is 2.40. The molecule has 2 heteroatoms. The topological polar surface area (TPSA) is 29.1 Å². The number of rotatable bonds is 1. The first-order valence-corrected chi connectivity index (χ1v) is 6.41. The zero-order valence-electron chi connectivity index (χ0n) is 9.91. The van der Waals surface area contributed by atoms with Gasteiger partial charge in [-0.1, -0.05) is 30.3 Å². The van der Waals surface area contributed by atoms with Crippen molar-refractivity contribution in [3.05, 3.63) is 47.2 Å². The molecule has 17 heavy (non-hydrogen) atoms. The van der Waals surface area contributed by atoms with Crippen molar-refractivity contribution in [2.24, 2.45) is 0 Å². The van der Waals surface area contributed by atoms with Crippen LogP contribution < -0.4 is 5.32 Å². The molecule has 88 valence electrons. The fraction of sp³-hybridized carbons (Fsp3) is 0.400. The Morgan fingerprint density at radius 3 is 2.71 bits per heavy atom. The summed E-state index contributed by atoms with van der Waals surface area (Å²) in [5.41, 5.74) is 3.61. The van der Waals surface area contributed by atoms with Crippen LogP contribution in [0.1, 0.15) is 43.7 Å². The zero-order chi connectivity index (χ0) is 11.7. The highest BCUT2D eigenvalue weighted by atomic mass is 16.1. The second-order valence-corrected chi connectivity index (χ2v) is 4.88. The average molecular weight is 227 g/mol. The Kier molecular flexibility index (Phi) is 2.71. The van der Waals surface area contributed by atoms with E-state index in [9.17, 15) is 4.79 Å². The normalized spacial score (nSPS) is 24.2. The molecule has 0 saturated carbocycles. The fourth-order valence-electron chi connectivity index (χ4n) is 2.85. The smallest absolute Gasteiger partial charge is 0.160 e. The largest absolute Gasteiger partial charge is 0.381 e. The quantitative estimate of drug-likeness (QED) is 0.798. The van der Waals surface area contributed by atoms with Gasteiger partial charge in [-0.05, 0) is 31.2 Å². The number of hydrogen-bond donors (Lipinski definition) is 1. The predicted octanol–water partition coefficient (Wildman–Crippen LogP) is 3.12. The lowest BCUT2D eigenvalue weighted by Crippen LogP contribution is -2.30. The van der Waals surface area contributed by atoms with E-state index in [-0.39, 0.29) is 0 Å². The molecule has 0 saturated heterocycles. The molecule has 2 nitrogen and oxygen atoms in total. The van der Waals surface area contributed by atoms with E-state index in [1.807, 2.05) is 6.07 Å². The number of hydrogen-bond acceptors (Lipinski definition) is 2. The van der Waals surface area contributed by atoms with E-state index >= 15 is 0 Å². The minimum absolute atomic E-state index is 0.366. The van der Waals surface area contributed by atoms with Crippen LogP contribution in [0.15, 0.2) is 41.6 Å². The van der Waals surface area contributed by atoms with Gasteiger partial charge >= 0.3 is 0 Å². The van der Waals surface area contributed by atoms with E-state index in [4.69, 9.17) is 0 Å². The first-order chi connectivity index (χ1) is 8.34. The first-order valence-electron chi connectivity index (χ1n) is 6.41. The van der Waals surface area contributed by atoms with E-state index in [0.29, 0.717) is 11.8 Å². The predicted molar refractivity (Wildman–Crippen MR) is 67.4 cm³/mol. The SMILES string of the molecule is O=C1CCCC2=C1CC[C@@H](c1ccccc1)N2. The molecule has 1 aliphatic heterocycles. The van der Waals surface area contributed by atoms with Gasteiger partial charge in [-0.2, -0.15) is 0 Å². The highest BCUT2D eigenvalue weighted by Gasteiger charge is 2.27. The van der Waals surface area contributed by atoms with Crippen molar-refractivity contribution in [1.29, 1.82) is 0 Å². The van der Waals surface area contributed by atoms with Crippen molar-refractivity contribution in [2.45, 2.75) is 38.1 Å². The van der Waals surface area contributed by atoms with Crippen LogP contribution in [0.2, 0.25) is 0 Å². The number of carbonyl (C=O) groups excluding carboxylic acids is 1. The van der Waals surface area contributed by atoms with Gasteiger partial charge in [-0.3, -0.25) is 4.79 Å². The number of allylic oxidation sites excluding steroid dienone is 2. The van der Waals surface area contributed by atoms with Crippen molar-refractivity contribution in [2.75, 3.05) is 0 Å². The Labute approximate surface area is 102 Å². The monoisotopic (exact) mass is 227 g/mol.